The minimum absolute atomic E-state index is 0.301. The third kappa shape index (κ3) is 5.02. The average molecular weight is 366 g/mol. The highest BCUT2D eigenvalue weighted by Gasteiger charge is 2.24. The van der Waals surface area contributed by atoms with Gasteiger partial charge in [0.1, 0.15) is 12.6 Å². The Bertz CT molecular complexity index is 830. The Balaban J connectivity index is 2.15. The van der Waals surface area contributed by atoms with Gasteiger partial charge in [-0.1, -0.05) is 29.8 Å². The number of rotatable bonds is 7. The van der Waals surface area contributed by atoms with Crippen LogP contribution in [0, 0.1) is 13.8 Å². The minimum Gasteiger partial charge on any atom is -0.343 e. The molecule has 0 unspecified atom stereocenters. The second-order valence-electron chi connectivity index (χ2n) is 5.81. The highest BCUT2D eigenvalue weighted by atomic mass is 32.2. The van der Waals surface area contributed by atoms with E-state index in [1.165, 1.54) is 0 Å². The lowest BCUT2D eigenvalue weighted by Gasteiger charge is -2.23. The van der Waals surface area contributed by atoms with E-state index in [1.807, 2.05) is 13.8 Å². The molecule has 0 aliphatic carbocycles. The molecule has 2 aromatic rings. The quantitative estimate of drug-likeness (QED) is 0.800. The first-order valence-electron chi connectivity index (χ1n) is 7.84. The zero-order valence-corrected chi connectivity index (χ0v) is 15.5. The molecule has 0 aliphatic rings. The molecule has 25 heavy (non-hydrogen) atoms. The molecular weight excluding hydrogens is 344 g/mol. The Morgan fingerprint density at radius 3 is 2.40 bits per heavy atom. The van der Waals surface area contributed by atoms with Gasteiger partial charge in [-0.05, 0) is 32.4 Å². The van der Waals surface area contributed by atoms with Crippen LogP contribution in [0.5, 0.6) is 0 Å². The number of aromatic nitrogens is 2. The largest absolute Gasteiger partial charge is 0.343 e. The fraction of sp³-hybridized carbons (Fsp3) is 0.438. The van der Waals surface area contributed by atoms with Crippen molar-refractivity contribution in [3.8, 4) is 0 Å². The third-order valence-electron chi connectivity index (χ3n) is 3.59. The zero-order valence-electron chi connectivity index (χ0n) is 14.7. The maximum atomic E-state index is 12.4. The van der Waals surface area contributed by atoms with Crippen LogP contribution in [-0.2, 0) is 14.8 Å². The molecule has 1 aromatic heterocycles. The van der Waals surface area contributed by atoms with Crippen molar-refractivity contribution in [2.45, 2.75) is 33.2 Å². The summed E-state index contributed by atoms with van der Waals surface area (Å²) in [4.78, 5) is 16.5. The lowest BCUT2D eigenvalue weighted by molar-refractivity contribution is -0.120. The Kier molecular flexibility index (Phi) is 5.78. The molecule has 9 heteroatoms. The summed E-state index contributed by atoms with van der Waals surface area (Å²) in [6.45, 7) is 5.12. The highest BCUT2D eigenvalue weighted by Crippen LogP contribution is 2.19. The first-order valence-corrected chi connectivity index (χ1v) is 9.69. The minimum atomic E-state index is -3.61. The van der Waals surface area contributed by atoms with Crippen molar-refractivity contribution in [1.82, 2.24) is 15.5 Å². The van der Waals surface area contributed by atoms with Crippen molar-refractivity contribution in [1.29, 1.82) is 0 Å². The molecule has 1 amide bonds. The van der Waals surface area contributed by atoms with Crippen molar-refractivity contribution in [3.63, 3.8) is 0 Å². The zero-order chi connectivity index (χ0) is 18.6. The first-order chi connectivity index (χ1) is 11.7. The Morgan fingerprint density at radius 1 is 1.28 bits per heavy atom. The number of benzene rings is 1. The van der Waals surface area contributed by atoms with E-state index in [1.54, 1.807) is 31.2 Å². The van der Waals surface area contributed by atoms with Crippen molar-refractivity contribution in [2.75, 3.05) is 17.1 Å². The van der Waals surface area contributed by atoms with E-state index in [0.717, 1.165) is 16.1 Å². The molecule has 0 fully saturated rings. The van der Waals surface area contributed by atoms with Crippen LogP contribution in [0.3, 0.4) is 0 Å². The van der Waals surface area contributed by atoms with Gasteiger partial charge in [-0.25, -0.2) is 8.42 Å². The van der Waals surface area contributed by atoms with Crippen molar-refractivity contribution < 1.29 is 17.7 Å². The molecule has 1 N–H and O–H groups in total. The number of hydrogen-bond donors (Lipinski definition) is 1. The Hall–Kier alpha value is -2.42. The van der Waals surface area contributed by atoms with Gasteiger partial charge in [0, 0.05) is 0 Å². The molecule has 1 aromatic carbocycles. The van der Waals surface area contributed by atoms with Gasteiger partial charge in [0.05, 0.1) is 11.9 Å². The summed E-state index contributed by atoms with van der Waals surface area (Å²) >= 11 is 0. The lowest BCUT2D eigenvalue weighted by Crippen LogP contribution is -2.41. The number of nitrogens with one attached hydrogen (secondary N) is 1. The molecule has 136 valence electrons. The van der Waals surface area contributed by atoms with E-state index in [-0.39, 0.29) is 6.54 Å². The summed E-state index contributed by atoms with van der Waals surface area (Å²) < 4.78 is 30.3. The maximum absolute atomic E-state index is 12.4. The number of aryl methyl sites for hydroxylation is 2. The predicted octanol–water partition coefficient (Wildman–Crippen LogP) is 1.72. The van der Waals surface area contributed by atoms with Gasteiger partial charge >= 0.3 is 0 Å². The molecule has 2 rings (SSSR count). The number of carbonyl (C=O) groups is 1. The Morgan fingerprint density at radius 2 is 1.92 bits per heavy atom. The molecule has 0 bridgehead atoms. The van der Waals surface area contributed by atoms with Gasteiger partial charge in [0.25, 0.3) is 0 Å². The van der Waals surface area contributed by atoms with Crippen molar-refractivity contribution in [2.24, 2.45) is 0 Å². The molecule has 0 saturated carbocycles. The molecule has 1 heterocycles. The fourth-order valence-electron chi connectivity index (χ4n) is 2.27. The second-order valence-corrected chi connectivity index (χ2v) is 7.72. The number of carbonyl (C=O) groups excluding carboxylic acids is 1. The summed E-state index contributed by atoms with van der Waals surface area (Å²) in [5.74, 6) is 0.323. The smallest absolute Gasteiger partial charge is 0.249 e. The van der Waals surface area contributed by atoms with Crippen molar-refractivity contribution >= 4 is 21.6 Å². The molecule has 8 nitrogen and oxygen atoms in total. The van der Waals surface area contributed by atoms with Crippen LogP contribution in [0.1, 0.15) is 36.7 Å². The van der Waals surface area contributed by atoms with Crippen LogP contribution in [0.4, 0.5) is 5.69 Å². The summed E-state index contributed by atoms with van der Waals surface area (Å²) in [5, 5.41) is 6.44. The van der Waals surface area contributed by atoms with E-state index >= 15 is 0 Å². The average Bonchev–Trinajstić information content (AvgIpc) is 2.96. The summed E-state index contributed by atoms with van der Waals surface area (Å²) in [6.07, 6.45) is 1.61. The van der Waals surface area contributed by atoms with Crippen LogP contribution < -0.4 is 9.62 Å². The van der Waals surface area contributed by atoms with Crippen LogP contribution in [0.2, 0.25) is 0 Å². The van der Waals surface area contributed by atoms with Gasteiger partial charge in [0.15, 0.2) is 5.82 Å². The first kappa shape index (κ1) is 18.9. The van der Waals surface area contributed by atoms with Crippen LogP contribution >= 0.6 is 0 Å². The third-order valence-corrected chi connectivity index (χ3v) is 4.73. The lowest BCUT2D eigenvalue weighted by atomic mass is 10.2. The number of sulfonamides is 1. The number of anilines is 1. The standard InChI is InChI=1S/C16H22N4O4S/c1-5-14(16-17-12(3)19-24-16)18-15(21)10-20(25(4,22)23)13-8-6-11(2)7-9-13/h6-9,14H,5,10H2,1-4H3,(H,18,21)/t14-/m0/s1. The molecule has 0 spiro atoms. The molecule has 1 atom stereocenters. The second kappa shape index (κ2) is 7.64. The fourth-order valence-corrected chi connectivity index (χ4v) is 3.13. The number of nitrogens with zero attached hydrogens (tertiary/aromatic N) is 3. The SMILES string of the molecule is CC[C@H](NC(=O)CN(c1ccc(C)cc1)S(C)(=O)=O)c1nc(C)no1. The Labute approximate surface area is 147 Å². The maximum Gasteiger partial charge on any atom is 0.249 e. The normalized spacial score (nSPS) is 12.6. The van der Waals surface area contributed by atoms with E-state index < -0.39 is 22.0 Å². The number of amides is 1. The van der Waals surface area contributed by atoms with Crippen molar-refractivity contribution in [3.05, 3.63) is 41.5 Å². The van der Waals surface area contributed by atoms with E-state index in [9.17, 15) is 13.2 Å². The number of hydrogen-bond acceptors (Lipinski definition) is 6. The van der Waals surface area contributed by atoms with E-state index in [2.05, 4.69) is 15.5 Å². The molecule has 0 saturated heterocycles. The van der Waals surface area contributed by atoms with Crippen LogP contribution in [0.15, 0.2) is 28.8 Å². The summed E-state index contributed by atoms with van der Waals surface area (Å²) in [5.41, 5.74) is 1.43. The molecule has 0 aliphatic heterocycles. The van der Waals surface area contributed by atoms with E-state index in [4.69, 9.17) is 4.52 Å². The van der Waals surface area contributed by atoms with E-state index in [0.29, 0.717) is 23.8 Å². The topological polar surface area (TPSA) is 105 Å². The van der Waals surface area contributed by atoms with Gasteiger partial charge in [-0.3, -0.25) is 9.10 Å². The summed E-state index contributed by atoms with van der Waals surface area (Å²) in [7, 11) is -3.61. The van der Waals surface area contributed by atoms with Gasteiger partial charge < -0.3 is 9.84 Å². The predicted molar refractivity (Wildman–Crippen MR) is 93.6 cm³/mol. The highest BCUT2D eigenvalue weighted by molar-refractivity contribution is 7.92. The van der Waals surface area contributed by atoms with Crippen LogP contribution in [-0.4, -0.2) is 37.3 Å². The van der Waals surface area contributed by atoms with Gasteiger partial charge in [0.2, 0.25) is 21.8 Å². The van der Waals surface area contributed by atoms with Crippen LogP contribution in [0.25, 0.3) is 0 Å². The van der Waals surface area contributed by atoms with Gasteiger partial charge in [-0.15, -0.1) is 0 Å². The monoisotopic (exact) mass is 366 g/mol. The molecular formula is C16H22N4O4S. The molecule has 0 radical (unpaired) electrons. The summed E-state index contributed by atoms with van der Waals surface area (Å²) in [6, 6.07) is 6.46. The van der Waals surface area contributed by atoms with Gasteiger partial charge in [-0.2, -0.15) is 4.98 Å².